The van der Waals surface area contributed by atoms with Crippen molar-refractivity contribution >= 4 is 5.97 Å². The minimum Gasteiger partial charge on any atom is -0.496 e. The van der Waals surface area contributed by atoms with Gasteiger partial charge in [0.1, 0.15) is 11.6 Å². The Morgan fingerprint density at radius 2 is 2.11 bits per heavy atom. The van der Waals surface area contributed by atoms with Crippen molar-refractivity contribution in [1.82, 2.24) is 5.32 Å². The maximum Gasteiger partial charge on any atom is 0.335 e. The molecule has 1 atom stereocenters. The Kier molecular flexibility index (Phi) is 7.59. The molecular weight excluding hydrogens is 363 g/mol. The van der Waals surface area contributed by atoms with E-state index in [1.165, 1.54) is 32.4 Å². The summed E-state index contributed by atoms with van der Waals surface area (Å²) in [5.41, 5.74) is 2.24. The molecule has 0 amide bonds. The molecule has 1 N–H and O–H groups in total. The summed E-state index contributed by atoms with van der Waals surface area (Å²) >= 11 is 0. The van der Waals surface area contributed by atoms with Gasteiger partial charge in [-0.25, -0.2) is 14.0 Å². The van der Waals surface area contributed by atoms with Crippen LogP contribution in [0.3, 0.4) is 0 Å². The van der Waals surface area contributed by atoms with Crippen LogP contribution in [0.2, 0.25) is 0 Å². The Bertz CT molecular complexity index is 839. The monoisotopic (exact) mass is 388 g/mol. The summed E-state index contributed by atoms with van der Waals surface area (Å²) in [6, 6.07) is 4.06. The highest BCUT2D eigenvalue weighted by Crippen LogP contribution is 2.43. The van der Waals surface area contributed by atoms with Crippen LogP contribution in [0.1, 0.15) is 38.2 Å². The van der Waals surface area contributed by atoms with E-state index >= 15 is 0 Å². The molecule has 150 valence electrons. The zero-order valence-electron chi connectivity index (χ0n) is 16.6. The number of hydrogen-bond donors (Lipinski definition) is 1. The minimum absolute atomic E-state index is 0.140. The molecule has 0 aromatic heterocycles. The van der Waals surface area contributed by atoms with Crippen molar-refractivity contribution in [2.75, 3.05) is 27.4 Å². The lowest BCUT2D eigenvalue weighted by Gasteiger charge is -2.30. The Labute approximate surface area is 164 Å². The predicted molar refractivity (Wildman–Crippen MR) is 103 cm³/mol. The summed E-state index contributed by atoms with van der Waals surface area (Å²) in [6.45, 7) is 11.8. The number of methoxy groups -OCH3 is 2. The third-order valence-electron chi connectivity index (χ3n) is 4.48. The van der Waals surface area contributed by atoms with Gasteiger partial charge in [-0.15, -0.1) is 0 Å². The maximum absolute atomic E-state index is 13.7. The molecule has 0 aliphatic carbocycles. The third-order valence-corrected chi connectivity index (χ3v) is 4.48. The Morgan fingerprint density at radius 1 is 1.36 bits per heavy atom. The molecule has 7 heteroatoms. The first-order chi connectivity index (χ1) is 13.5. The first-order valence-electron chi connectivity index (χ1n) is 9.06. The number of carbonyl (C=O) groups excluding carboxylic acids is 1. The molecular formula is C21H25FN2O4. The van der Waals surface area contributed by atoms with Gasteiger partial charge in [-0.3, -0.25) is 0 Å². The second-order valence-corrected chi connectivity index (χ2v) is 6.38. The lowest BCUT2D eigenvalue weighted by Crippen LogP contribution is -2.31. The zero-order valence-corrected chi connectivity index (χ0v) is 16.6. The number of hydrogen-bond acceptors (Lipinski definition) is 5. The topological polar surface area (TPSA) is 61.2 Å². The number of esters is 1. The van der Waals surface area contributed by atoms with Crippen molar-refractivity contribution in [2.24, 2.45) is 0 Å². The molecule has 6 nitrogen and oxygen atoms in total. The SMILES string of the molecule is [C-]#[N+]C1=C(C)NC(COC)=C(C(=O)OCCCC)C1c1ccc(F)cc1OC. The molecule has 2 rings (SSSR count). The van der Waals surface area contributed by atoms with Crippen LogP contribution in [0.15, 0.2) is 40.9 Å². The highest BCUT2D eigenvalue weighted by atomic mass is 19.1. The lowest BCUT2D eigenvalue weighted by molar-refractivity contribution is -0.139. The van der Waals surface area contributed by atoms with Crippen LogP contribution in [0.25, 0.3) is 4.85 Å². The van der Waals surface area contributed by atoms with Crippen molar-refractivity contribution < 1.29 is 23.4 Å². The Morgan fingerprint density at radius 3 is 2.71 bits per heavy atom. The fraction of sp³-hybridized carbons (Fsp3) is 0.429. The van der Waals surface area contributed by atoms with E-state index in [1.54, 1.807) is 6.92 Å². The van der Waals surface area contributed by atoms with E-state index in [2.05, 4.69) is 10.2 Å². The third kappa shape index (κ3) is 4.52. The average Bonchev–Trinajstić information content (AvgIpc) is 2.67. The Hall–Kier alpha value is -2.85. The van der Waals surface area contributed by atoms with Crippen molar-refractivity contribution in [2.45, 2.75) is 32.6 Å². The second-order valence-electron chi connectivity index (χ2n) is 6.38. The lowest BCUT2D eigenvalue weighted by atomic mass is 9.83. The molecule has 0 fully saturated rings. The van der Waals surface area contributed by atoms with E-state index in [9.17, 15) is 9.18 Å². The predicted octanol–water partition coefficient (Wildman–Crippen LogP) is 3.92. The zero-order chi connectivity index (χ0) is 20.7. The molecule has 0 spiro atoms. The first kappa shape index (κ1) is 21.5. The van der Waals surface area contributed by atoms with Gasteiger partial charge in [0.25, 0.3) is 0 Å². The van der Waals surface area contributed by atoms with Gasteiger partial charge in [0.05, 0.1) is 44.1 Å². The quantitative estimate of drug-likeness (QED) is 0.416. The highest BCUT2D eigenvalue weighted by Gasteiger charge is 2.37. The molecule has 1 heterocycles. The van der Waals surface area contributed by atoms with Crippen LogP contribution in [0.5, 0.6) is 5.75 Å². The number of nitrogens with zero attached hydrogens (tertiary/aromatic N) is 1. The van der Waals surface area contributed by atoms with Gasteiger partial charge < -0.3 is 19.5 Å². The van der Waals surface area contributed by atoms with Crippen molar-refractivity contribution in [1.29, 1.82) is 0 Å². The summed E-state index contributed by atoms with van der Waals surface area (Å²) in [5.74, 6) is -1.48. The van der Waals surface area contributed by atoms with E-state index in [1.807, 2.05) is 6.92 Å². The number of halogens is 1. The van der Waals surface area contributed by atoms with Gasteiger partial charge >= 0.3 is 5.97 Å². The molecule has 1 aromatic rings. The number of allylic oxidation sites excluding steroid dienone is 2. The van der Waals surface area contributed by atoms with Crippen LogP contribution < -0.4 is 10.1 Å². The molecule has 1 unspecified atom stereocenters. The van der Waals surface area contributed by atoms with Gasteiger partial charge in [-0.1, -0.05) is 19.4 Å². The van der Waals surface area contributed by atoms with E-state index in [0.717, 1.165) is 12.8 Å². The van der Waals surface area contributed by atoms with Crippen LogP contribution in [-0.2, 0) is 14.3 Å². The summed E-state index contributed by atoms with van der Waals surface area (Å²) in [5, 5.41) is 3.09. The molecule has 1 aromatic carbocycles. The number of unbranched alkanes of at least 4 members (excludes halogenated alkanes) is 1. The molecule has 1 aliphatic heterocycles. The molecule has 0 saturated heterocycles. The number of nitrogens with one attached hydrogen (secondary N) is 1. The highest BCUT2D eigenvalue weighted by molar-refractivity contribution is 5.93. The summed E-state index contributed by atoms with van der Waals surface area (Å²) < 4.78 is 29.8. The second kappa shape index (κ2) is 9.90. The number of ether oxygens (including phenoxy) is 3. The minimum atomic E-state index is -0.742. The number of benzene rings is 1. The van der Waals surface area contributed by atoms with Gasteiger partial charge in [-0.2, -0.15) is 0 Å². The molecule has 1 aliphatic rings. The molecule has 0 bridgehead atoms. The standard InChI is InChI=1S/C21H25FN2O4/c1-6-7-10-28-21(25)19-16(12-26-4)24-13(2)20(23-3)18(19)15-9-8-14(22)11-17(15)27-5/h8-9,11,18,24H,6-7,10,12H2,1-2,4-5H3. The molecule has 0 radical (unpaired) electrons. The van der Waals surface area contributed by atoms with Gasteiger partial charge in [-0.05, 0) is 25.0 Å². The van der Waals surface area contributed by atoms with Crippen LogP contribution in [0, 0.1) is 12.4 Å². The number of rotatable bonds is 8. The molecule has 0 saturated carbocycles. The summed E-state index contributed by atoms with van der Waals surface area (Å²) in [6.07, 6.45) is 1.62. The largest absolute Gasteiger partial charge is 0.496 e. The first-order valence-corrected chi connectivity index (χ1v) is 9.06. The van der Waals surface area contributed by atoms with Crippen LogP contribution in [-0.4, -0.2) is 33.4 Å². The van der Waals surface area contributed by atoms with E-state index in [-0.39, 0.29) is 24.5 Å². The van der Waals surface area contributed by atoms with E-state index in [4.69, 9.17) is 20.8 Å². The van der Waals surface area contributed by atoms with E-state index in [0.29, 0.717) is 22.7 Å². The van der Waals surface area contributed by atoms with Gasteiger partial charge in [0.2, 0.25) is 0 Å². The van der Waals surface area contributed by atoms with Crippen molar-refractivity contribution in [3.05, 3.63) is 63.7 Å². The van der Waals surface area contributed by atoms with Gasteiger partial charge in [0, 0.05) is 18.9 Å². The van der Waals surface area contributed by atoms with Crippen LogP contribution >= 0.6 is 0 Å². The molecule has 28 heavy (non-hydrogen) atoms. The normalized spacial score (nSPS) is 16.5. The van der Waals surface area contributed by atoms with Crippen molar-refractivity contribution in [3.63, 3.8) is 0 Å². The number of carbonyl (C=O) groups is 1. The maximum atomic E-state index is 13.7. The number of dihydropyridines is 1. The summed E-state index contributed by atoms with van der Waals surface area (Å²) in [7, 11) is 2.94. The summed E-state index contributed by atoms with van der Waals surface area (Å²) in [4.78, 5) is 16.6. The average molecular weight is 388 g/mol. The Balaban J connectivity index is 2.64. The van der Waals surface area contributed by atoms with E-state index < -0.39 is 17.7 Å². The fourth-order valence-corrected chi connectivity index (χ4v) is 3.15. The van der Waals surface area contributed by atoms with Crippen molar-refractivity contribution in [3.8, 4) is 5.75 Å². The fourth-order valence-electron chi connectivity index (χ4n) is 3.15. The smallest absolute Gasteiger partial charge is 0.335 e. The van der Waals surface area contributed by atoms with Gasteiger partial charge in [0.15, 0.2) is 5.70 Å². The van der Waals surface area contributed by atoms with Crippen LogP contribution in [0.4, 0.5) is 4.39 Å².